The fourth-order valence-corrected chi connectivity index (χ4v) is 2.57. The van der Waals surface area contributed by atoms with Crippen LogP contribution in [0.5, 0.6) is 0 Å². The van der Waals surface area contributed by atoms with Gasteiger partial charge in [-0.15, -0.1) is 0 Å². The van der Waals surface area contributed by atoms with Gasteiger partial charge in [0.15, 0.2) is 5.78 Å². The van der Waals surface area contributed by atoms with Gasteiger partial charge in [0.1, 0.15) is 11.4 Å². The molecule has 0 amide bonds. The molecule has 0 rings (SSSR count). The topological polar surface area (TPSA) is 63.6 Å². The Morgan fingerprint density at radius 3 is 2.10 bits per heavy atom. The molecule has 2 unspecified atom stereocenters. The van der Waals surface area contributed by atoms with Gasteiger partial charge in [0.25, 0.3) is 0 Å². The highest BCUT2D eigenvalue weighted by atomic mass is 32.2. The standard InChI is InChI=1S/C16H30O4S/c1-11(17)8-13(18)16(5,6)20-9-12(10-21-7)14(19)15(2,3)4/h11-12,17H,8-10H2,1-7H3. The highest BCUT2D eigenvalue weighted by Crippen LogP contribution is 2.24. The number of aliphatic hydroxyl groups is 1. The van der Waals surface area contributed by atoms with Gasteiger partial charge < -0.3 is 9.84 Å². The minimum Gasteiger partial charge on any atom is -0.393 e. The summed E-state index contributed by atoms with van der Waals surface area (Å²) in [5.41, 5.74) is -1.40. The Balaban J connectivity index is 4.75. The van der Waals surface area contributed by atoms with Crippen molar-refractivity contribution in [1.29, 1.82) is 0 Å². The quantitative estimate of drug-likeness (QED) is 0.708. The zero-order chi connectivity index (χ0) is 16.8. The summed E-state index contributed by atoms with van der Waals surface area (Å²) in [5.74, 6) is 0.453. The van der Waals surface area contributed by atoms with E-state index in [2.05, 4.69) is 0 Å². The van der Waals surface area contributed by atoms with Crippen LogP contribution < -0.4 is 0 Å². The molecule has 0 radical (unpaired) electrons. The molecule has 2 atom stereocenters. The second-order valence-electron chi connectivity index (χ2n) is 7.06. The van der Waals surface area contributed by atoms with Crippen LogP contribution in [0.15, 0.2) is 0 Å². The zero-order valence-corrected chi connectivity index (χ0v) is 15.2. The lowest BCUT2D eigenvalue weighted by molar-refractivity contribution is -0.147. The van der Waals surface area contributed by atoms with Crippen LogP contribution in [-0.4, -0.2) is 47.0 Å². The minimum atomic E-state index is -0.980. The third kappa shape index (κ3) is 7.43. The van der Waals surface area contributed by atoms with Gasteiger partial charge in [-0.25, -0.2) is 0 Å². The number of aliphatic hydroxyl groups excluding tert-OH is 1. The van der Waals surface area contributed by atoms with E-state index in [0.29, 0.717) is 5.75 Å². The largest absolute Gasteiger partial charge is 0.393 e. The van der Waals surface area contributed by atoms with Crippen molar-refractivity contribution in [2.75, 3.05) is 18.6 Å². The number of carbonyl (C=O) groups is 2. The van der Waals surface area contributed by atoms with Crippen molar-refractivity contribution in [2.24, 2.45) is 11.3 Å². The van der Waals surface area contributed by atoms with Crippen LogP contribution in [0.2, 0.25) is 0 Å². The van der Waals surface area contributed by atoms with E-state index in [1.165, 1.54) is 0 Å². The summed E-state index contributed by atoms with van der Waals surface area (Å²) in [6.45, 7) is 10.9. The molecule has 124 valence electrons. The first-order chi connectivity index (χ1) is 9.41. The summed E-state index contributed by atoms with van der Waals surface area (Å²) >= 11 is 1.60. The van der Waals surface area contributed by atoms with Crippen molar-refractivity contribution in [3.05, 3.63) is 0 Å². The number of ketones is 2. The fourth-order valence-electron chi connectivity index (χ4n) is 1.92. The molecule has 0 aromatic heterocycles. The molecular formula is C16H30O4S. The Morgan fingerprint density at radius 2 is 1.71 bits per heavy atom. The molecule has 0 heterocycles. The number of hydrogen-bond acceptors (Lipinski definition) is 5. The first kappa shape index (κ1) is 20.6. The van der Waals surface area contributed by atoms with Crippen LogP contribution in [-0.2, 0) is 14.3 Å². The fraction of sp³-hybridized carbons (Fsp3) is 0.875. The maximum Gasteiger partial charge on any atom is 0.166 e. The van der Waals surface area contributed by atoms with Crippen LogP contribution >= 0.6 is 11.8 Å². The van der Waals surface area contributed by atoms with E-state index >= 15 is 0 Å². The van der Waals surface area contributed by atoms with E-state index in [0.717, 1.165) is 0 Å². The van der Waals surface area contributed by atoms with Crippen LogP contribution in [0.1, 0.15) is 48.0 Å². The molecule has 0 aromatic carbocycles. The van der Waals surface area contributed by atoms with Crippen molar-refractivity contribution in [2.45, 2.75) is 59.7 Å². The molecule has 0 aliphatic heterocycles. The summed E-state index contributed by atoms with van der Waals surface area (Å²) in [4.78, 5) is 24.4. The molecule has 0 spiro atoms. The second kappa shape index (κ2) is 8.30. The van der Waals surface area contributed by atoms with Gasteiger partial charge in [-0.05, 0) is 27.0 Å². The van der Waals surface area contributed by atoms with Crippen molar-refractivity contribution in [3.8, 4) is 0 Å². The first-order valence-corrected chi connectivity index (χ1v) is 8.69. The number of thioether (sulfide) groups is 1. The van der Waals surface area contributed by atoms with E-state index < -0.39 is 17.1 Å². The molecule has 0 fully saturated rings. The molecule has 21 heavy (non-hydrogen) atoms. The number of Topliss-reactive ketones (excluding diaryl/α,β-unsaturated/α-hetero) is 2. The van der Waals surface area contributed by atoms with Gasteiger partial charge >= 0.3 is 0 Å². The Labute approximate surface area is 133 Å². The molecular weight excluding hydrogens is 288 g/mol. The predicted molar refractivity (Wildman–Crippen MR) is 87.7 cm³/mol. The van der Waals surface area contributed by atoms with Gasteiger partial charge in [-0.2, -0.15) is 11.8 Å². The van der Waals surface area contributed by atoms with E-state index in [4.69, 9.17) is 4.74 Å². The highest BCUT2D eigenvalue weighted by Gasteiger charge is 2.34. The maximum absolute atomic E-state index is 12.4. The van der Waals surface area contributed by atoms with Crippen LogP contribution in [0, 0.1) is 11.3 Å². The van der Waals surface area contributed by atoms with Crippen molar-refractivity contribution in [3.63, 3.8) is 0 Å². The monoisotopic (exact) mass is 318 g/mol. The van der Waals surface area contributed by atoms with E-state index in [1.807, 2.05) is 27.0 Å². The van der Waals surface area contributed by atoms with Crippen LogP contribution in [0.4, 0.5) is 0 Å². The average molecular weight is 318 g/mol. The molecule has 0 saturated heterocycles. The van der Waals surface area contributed by atoms with E-state index in [1.54, 1.807) is 32.5 Å². The third-order valence-corrected chi connectivity index (χ3v) is 4.01. The van der Waals surface area contributed by atoms with E-state index in [9.17, 15) is 14.7 Å². The van der Waals surface area contributed by atoms with Crippen LogP contribution in [0.25, 0.3) is 0 Å². The van der Waals surface area contributed by atoms with Gasteiger partial charge in [0.2, 0.25) is 0 Å². The molecule has 4 nitrogen and oxygen atoms in total. The molecule has 0 aliphatic carbocycles. The lowest BCUT2D eigenvalue weighted by atomic mass is 9.84. The molecule has 0 bridgehead atoms. The molecule has 5 heteroatoms. The smallest absolute Gasteiger partial charge is 0.166 e. The van der Waals surface area contributed by atoms with E-state index in [-0.39, 0.29) is 30.5 Å². The molecule has 0 aromatic rings. The van der Waals surface area contributed by atoms with Crippen LogP contribution in [0.3, 0.4) is 0 Å². The van der Waals surface area contributed by atoms with Crippen molar-refractivity contribution < 1.29 is 19.4 Å². The lowest BCUT2D eigenvalue weighted by Gasteiger charge is -2.29. The van der Waals surface area contributed by atoms with Gasteiger partial charge in [-0.3, -0.25) is 9.59 Å². The number of rotatable bonds is 9. The minimum absolute atomic E-state index is 0.0629. The lowest BCUT2D eigenvalue weighted by Crippen LogP contribution is -2.41. The van der Waals surface area contributed by atoms with Gasteiger partial charge in [0.05, 0.1) is 18.6 Å². The van der Waals surface area contributed by atoms with Gasteiger partial charge in [0, 0.05) is 17.6 Å². The highest BCUT2D eigenvalue weighted by molar-refractivity contribution is 7.98. The number of carbonyl (C=O) groups excluding carboxylic acids is 2. The summed E-state index contributed by atoms with van der Waals surface area (Å²) in [6.07, 6.45) is 1.33. The third-order valence-electron chi connectivity index (χ3n) is 3.28. The summed E-state index contributed by atoms with van der Waals surface area (Å²) in [7, 11) is 0. The molecule has 0 aliphatic rings. The Kier molecular flexibility index (Phi) is 8.14. The predicted octanol–water partition coefficient (Wildman–Crippen LogP) is 2.72. The average Bonchev–Trinajstić information content (AvgIpc) is 2.31. The summed E-state index contributed by atoms with van der Waals surface area (Å²) in [6, 6.07) is 0. The SMILES string of the molecule is CSCC(COC(C)(C)C(=O)CC(C)O)C(=O)C(C)(C)C. The number of ether oxygens (including phenoxy) is 1. The van der Waals surface area contributed by atoms with Gasteiger partial charge in [-0.1, -0.05) is 20.8 Å². The summed E-state index contributed by atoms with van der Waals surface area (Å²) < 4.78 is 5.73. The first-order valence-electron chi connectivity index (χ1n) is 7.30. The Hall–Kier alpha value is -0.390. The maximum atomic E-state index is 12.4. The molecule has 1 N–H and O–H groups in total. The van der Waals surface area contributed by atoms with Crippen molar-refractivity contribution in [1.82, 2.24) is 0 Å². The summed E-state index contributed by atoms with van der Waals surface area (Å²) in [5, 5.41) is 9.31. The Bertz CT molecular complexity index is 356. The zero-order valence-electron chi connectivity index (χ0n) is 14.4. The number of hydrogen-bond donors (Lipinski definition) is 1. The van der Waals surface area contributed by atoms with Crippen molar-refractivity contribution >= 4 is 23.3 Å². The second-order valence-corrected chi connectivity index (χ2v) is 7.97. The normalized spacial score (nSPS) is 15.6. The molecule has 0 saturated carbocycles. The Morgan fingerprint density at radius 1 is 1.19 bits per heavy atom.